The van der Waals surface area contributed by atoms with Gasteiger partial charge in [-0.05, 0) is 43.2 Å². The molecule has 10 heteroatoms. The zero-order chi connectivity index (χ0) is 22.6. The Bertz CT molecular complexity index is 1040. The number of sulfonamides is 1. The monoisotopic (exact) mass is 452 g/mol. The minimum atomic E-state index is -3.93. The highest BCUT2D eigenvalue weighted by Gasteiger charge is 2.33. The van der Waals surface area contributed by atoms with E-state index >= 15 is 0 Å². The Kier molecular flexibility index (Phi) is 7.11. The van der Waals surface area contributed by atoms with Gasteiger partial charge in [-0.15, -0.1) is 0 Å². The van der Waals surface area contributed by atoms with Crippen molar-refractivity contribution in [2.45, 2.75) is 25.4 Å². The van der Waals surface area contributed by atoms with Gasteiger partial charge in [0, 0.05) is 32.1 Å². The number of rotatable bonds is 7. The van der Waals surface area contributed by atoms with E-state index in [1.165, 1.54) is 28.6 Å². The molecule has 1 aliphatic rings. The molecule has 1 unspecified atom stereocenters. The molecule has 1 amide bonds. The Hall–Kier alpha value is -2.72. The molecule has 2 aromatic rings. The van der Waals surface area contributed by atoms with Crippen LogP contribution in [0.15, 0.2) is 45.9 Å². The zero-order valence-corrected chi connectivity index (χ0v) is 18.2. The van der Waals surface area contributed by atoms with Crippen molar-refractivity contribution < 1.29 is 31.6 Å². The lowest BCUT2D eigenvalue weighted by Gasteiger charge is -2.34. The van der Waals surface area contributed by atoms with Gasteiger partial charge in [0.15, 0.2) is 0 Å². The number of piperazine rings is 1. The van der Waals surface area contributed by atoms with Gasteiger partial charge in [-0.25, -0.2) is 17.6 Å². The summed E-state index contributed by atoms with van der Waals surface area (Å²) in [7, 11) is -3.93. The molecular weight excluding hydrogens is 427 g/mol. The Morgan fingerprint density at radius 3 is 2.52 bits per heavy atom. The minimum absolute atomic E-state index is 0.107. The first-order valence-electron chi connectivity index (χ1n) is 10.0. The van der Waals surface area contributed by atoms with Gasteiger partial charge in [0.2, 0.25) is 16.8 Å². The molecule has 2 heterocycles. The van der Waals surface area contributed by atoms with Crippen molar-refractivity contribution in [3.8, 4) is 0 Å². The third kappa shape index (κ3) is 5.31. The second-order valence-electron chi connectivity index (χ2n) is 7.30. The van der Waals surface area contributed by atoms with E-state index in [1.807, 2.05) is 0 Å². The fourth-order valence-electron chi connectivity index (χ4n) is 3.46. The summed E-state index contributed by atoms with van der Waals surface area (Å²) < 4.78 is 50.2. The number of amides is 1. The summed E-state index contributed by atoms with van der Waals surface area (Å²) >= 11 is 0. The molecule has 168 valence electrons. The molecule has 0 N–H and O–H groups in total. The Balaban J connectivity index is 1.59. The lowest BCUT2D eigenvalue weighted by atomic mass is 9.99. The zero-order valence-electron chi connectivity index (χ0n) is 17.4. The van der Waals surface area contributed by atoms with Crippen LogP contribution < -0.4 is 0 Å². The number of carbonyl (C=O) groups is 2. The van der Waals surface area contributed by atoms with Gasteiger partial charge in [0.1, 0.15) is 5.82 Å². The number of furan rings is 1. The van der Waals surface area contributed by atoms with E-state index in [-0.39, 0.29) is 61.3 Å². The highest BCUT2D eigenvalue weighted by molar-refractivity contribution is 7.89. The van der Waals surface area contributed by atoms with Gasteiger partial charge in [0.25, 0.3) is 10.0 Å². The molecule has 1 saturated heterocycles. The lowest BCUT2D eigenvalue weighted by molar-refractivity contribution is -0.136. The van der Waals surface area contributed by atoms with Crippen LogP contribution >= 0.6 is 0 Å². The fraction of sp³-hybridized carbons (Fsp3) is 0.429. The maximum Gasteiger partial charge on any atom is 0.374 e. The summed E-state index contributed by atoms with van der Waals surface area (Å²) in [6.45, 7) is 4.24. The van der Waals surface area contributed by atoms with Gasteiger partial charge >= 0.3 is 5.97 Å². The molecule has 1 aromatic carbocycles. The normalized spacial score (nSPS) is 16.2. The maximum absolute atomic E-state index is 13.4. The van der Waals surface area contributed by atoms with Crippen molar-refractivity contribution in [1.82, 2.24) is 9.21 Å². The van der Waals surface area contributed by atoms with Crippen molar-refractivity contribution in [2.75, 3.05) is 32.8 Å². The van der Waals surface area contributed by atoms with Crippen molar-refractivity contribution in [1.29, 1.82) is 0 Å². The second-order valence-corrected chi connectivity index (χ2v) is 9.17. The average Bonchev–Trinajstić information content (AvgIpc) is 3.25. The summed E-state index contributed by atoms with van der Waals surface area (Å²) in [6.07, 6.45) is 0.401. The van der Waals surface area contributed by atoms with Crippen LogP contribution in [0.3, 0.4) is 0 Å². The molecule has 0 radical (unpaired) electrons. The van der Waals surface area contributed by atoms with Crippen molar-refractivity contribution in [3.05, 3.63) is 53.5 Å². The van der Waals surface area contributed by atoms with Crippen LogP contribution in [0.4, 0.5) is 4.39 Å². The maximum atomic E-state index is 13.4. The molecule has 3 rings (SSSR count). The number of hydrogen-bond acceptors (Lipinski definition) is 6. The molecular formula is C21H25FN2O6S. The number of hydrogen-bond donors (Lipinski definition) is 0. The molecule has 1 aliphatic heterocycles. The van der Waals surface area contributed by atoms with E-state index in [0.717, 1.165) is 5.56 Å². The van der Waals surface area contributed by atoms with Crippen LogP contribution in [-0.2, 0) is 26.0 Å². The third-order valence-corrected chi connectivity index (χ3v) is 6.83. The van der Waals surface area contributed by atoms with Crippen LogP contribution in [0.1, 0.15) is 30.0 Å². The molecule has 0 bridgehead atoms. The fourth-order valence-corrected chi connectivity index (χ4v) is 4.80. The summed E-state index contributed by atoms with van der Waals surface area (Å²) in [5, 5.41) is -0.338. The van der Waals surface area contributed by atoms with Crippen molar-refractivity contribution in [2.24, 2.45) is 5.92 Å². The van der Waals surface area contributed by atoms with Crippen molar-refractivity contribution >= 4 is 21.9 Å². The van der Waals surface area contributed by atoms with Crippen LogP contribution in [0.5, 0.6) is 0 Å². The first-order chi connectivity index (χ1) is 14.7. The van der Waals surface area contributed by atoms with Gasteiger partial charge in [-0.3, -0.25) is 4.79 Å². The first kappa shape index (κ1) is 23.0. The predicted molar refractivity (Wildman–Crippen MR) is 109 cm³/mol. The number of carbonyl (C=O) groups excluding carboxylic acids is 2. The van der Waals surface area contributed by atoms with E-state index in [0.29, 0.717) is 6.42 Å². The topological polar surface area (TPSA) is 97.1 Å². The SMILES string of the molecule is CCOC(=O)c1ccc(S(=O)(=O)N2CCN(C(=O)C(C)Cc3cccc(F)c3)CC2)o1. The molecule has 1 aromatic heterocycles. The minimum Gasteiger partial charge on any atom is -0.460 e. The standard InChI is InChI=1S/C21H25FN2O6S/c1-3-29-21(26)18-7-8-19(30-18)31(27,28)24-11-9-23(10-12-24)20(25)15(2)13-16-5-4-6-17(22)14-16/h4-8,14-15H,3,9-13H2,1-2H3. The van der Waals surface area contributed by atoms with Gasteiger partial charge in [-0.2, -0.15) is 4.31 Å². The summed E-state index contributed by atoms with van der Waals surface area (Å²) in [5.41, 5.74) is 0.734. The molecule has 0 aliphatic carbocycles. The number of esters is 1. The molecule has 0 spiro atoms. The Labute approximate surface area is 180 Å². The second kappa shape index (κ2) is 9.61. The van der Waals surface area contributed by atoms with Crippen LogP contribution in [0.2, 0.25) is 0 Å². The van der Waals surface area contributed by atoms with Gasteiger partial charge < -0.3 is 14.1 Å². The molecule has 31 heavy (non-hydrogen) atoms. The van der Waals surface area contributed by atoms with E-state index in [2.05, 4.69) is 0 Å². The lowest BCUT2D eigenvalue weighted by Crippen LogP contribution is -2.51. The highest BCUT2D eigenvalue weighted by Crippen LogP contribution is 2.22. The molecule has 1 atom stereocenters. The first-order valence-corrected chi connectivity index (χ1v) is 11.5. The van der Waals surface area contributed by atoms with E-state index in [9.17, 15) is 22.4 Å². The average molecular weight is 453 g/mol. The summed E-state index contributed by atoms with van der Waals surface area (Å²) in [4.78, 5) is 26.1. The highest BCUT2D eigenvalue weighted by atomic mass is 32.2. The quantitative estimate of drug-likeness (QED) is 0.598. The molecule has 1 fully saturated rings. The summed E-state index contributed by atoms with van der Waals surface area (Å²) in [5.74, 6) is -1.72. The number of benzene rings is 1. The smallest absolute Gasteiger partial charge is 0.374 e. The van der Waals surface area contributed by atoms with Crippen LogP contribution in [-0.4, -0.2) is 62.3 Å². The van der Waals surface area contributed by atoms with Crippen LogP contribution in [0, 0.1) is 11.7 Å². The Morgan fingerprint density at radius 1 is 1.16 bits per heavy atom. The Morgan fingerprint density at radius 2 is 1.87 bits per heavy atom. The largest absolute Gasteiger partial charge is 0.460 e. The van der Waals surface area contributed by atoms with Gasteiger partial charge in [0.05, 0.1) is 6.61 Å². The van der Waals surface area contributed by atoms with Crippen LogP contribution in [0.25, 0.3) is 0 Å². The van der Waals surface area contributed by atoms with E-state index in [1.54, 1.807) is 30.9 Å². The van der Waals surface area contributed by atoms with E-state index in [4.69, 9.17) is 9.15 Å². The molecule has 8 nitrogen and oxygen atoms in total. The number of ether oxygens (including phenoxy) is 1. The molecule has 0 saturated carbocycles. The summed E-state index contributed by atoms with van der Waals surface area (Å²) in [6, 6.07) is 8.62. The van der Waals surface area contributed by atoms with Gasteiger partial charge in [-0.1, -0.05) is 19.1 Å². The predicted octanol–water partition coefficient (Wildman–Crippen LogP) is 2.31. The number of nitrogens with zero attached hydrogens (tertiary/aromatic N) is 2. The van der Waals surface area contributed by atoms with Crippen molar-refractivity contribution in [3.63, 3.8) is 0 Å². The number of halogens is 1. The third-order valence-electron chi connectivity index (χ3n) is 5.05. The van der Waals surface area contributed by atoms with E-state index < -0.39 is 16.0 Å².